The predicted molar refractivity (Wildman–Crippen MR) is 160 cm³/mol. The maximum atomic E-state index is 11.1. The molecule has 1 aromatic heterocycles. The monoisotopic (exact) mass is 627 g/mol. The molecule has 0 amide bonds. The van der Waals surface area contributed by atoms with Crippen LogP contribution >= 0.6 is 0 Å². The van der Waals surface area contributed by atoms with Gasteiger partial charge in [-0.25, -0.2) is 0 Å². The van der Waals surface area contributed by atoms with Gasteiger partial charge in [0.1, 0.15) is 17.2 Å². The zero-order valence-electron chi connectivity index (χ0n) is 23.2. The summed E-state index contributed by atoms with van der Waals surface area (Å²) in [5.74, 6) is 0.0267. The summed E-state index contributed by atoms with van der Waals surface area (Å²) < 4.78 is 17.7. The Kier molecular flexibility index (Phi) is 11.3. The molecule has 0 N–H and O–H groups in total. The molecule has 44 heavy (non-hydrogen) atoms. The minimum Gasteiger partial charge on any atom is -1.00 e. The molecule has 6 rings (SSSR count). The van der Waals surface area contributed by atoms with Gasteiger partial charge < -0.3 is 36.5 Å². The van der Waals surface area contributed by atoms with Crippen molar-refractivity contribution in [2.45, 2.75) is 0 Å². The molecular formula is C34H22CaClN3O5. The minimum atomic E-state index is -1.29. The van der Waals surface area contributed by atoms with E-state index in [0.29, 0.717) is 17.2 Å². The summed E-state index contributed by atoms with van der Waals surface area (Å²) >= 11 is 0. The fourth-order valence-corrected chi connectivity index (χ4v) is 4.12. The number of rotatable bonds is 9. The number of carboxylic acid groups (broad SMARTS) is 1. The Morgan fingerprint density at radius 2 is 0.750 bits per heavy atom. The standard InChI is InChI=1S/C34H23N3O5.Ca.ClH/c38-31(39)27-15-21-30(22-16-27)42-34-36-32(40-28-17-11-25(12-18-28)23-7-3-1-4-8-23)35-33(37-34)41-29-19-13-26(14-20-29)24-9-5-2-6-10-24;;/h1-22H,(H,38,39);;1H/q;+2;/p-2. The number of hydrogen-bond acceptors (Lipinski definition) is 8. The van der Waals surface area contributed by atoms with Gasteiger partial charge >= 0.3 is 55.8 Å². The predicted octanol–water partition coefficient (Wildman–Crippen LogP) is 3.57. The van der Waals surface area contributed by atoms with Crippen LogP contribution in [0.5, 0.6) is 35.3 Å². The average molecular weight is 628 g/mol. The molecule has 1 heterocycles. The molecule has 0 fully saturated rings. The van der Waals surface area contributed by atoms with Crippen molar-refractivity contribution in [1.29, 1.82) is 0 Å². The largest absolute Gasteiger partial charge is 2.00 e. The number of halogens is 1. The number of carbonyl (C=O) groups is 1. The second kappa shape index (κ2) is 15.3. The third-order valence-corrected chi connectivity index (χ3v) is 6.21. The average Bonchev–Trinajstić information content (AvgIpc) is 3.03. The number of benzene rings is 5. The van der Waals surface area contributed by atoms with Gasteiger partial charge in [0.25, 0.3) is 0 Å². The number of ether oxygens (including phenoxy) is 3. The zero-order valence-corrected chi connectivity index (χ0v) is 26.1. The summed E-state index contributed by atoms with van der Waals surface area (Å²) in [6, 6.07) is 40.5. The normalized spacial score (nSPS) is 10.1. The molecule has 212 valence electrons. The van der Waals surface area contributed by atoms with Gasteiger partial charge in [-0.1, -0.05) is 84.9 Å². The molecule has 0 radical (unpaired) electrons. The molecule has 0 aliphatic carbocycles. The molecule has 0 saturated heterocycles. The van der Waals surface area contributed by atoms with Gasteiger partial charge in [-0.05, 0) is 76.3 Å². The Morgan fingerprint density at radius 1 is 0.455 bits per heavy atom. The molecule has 0 unspecified atom stereocenters. The van der Waals surface area contributed by atoms with Crippen LogP contribution in [0.2, 0.25) is 0 Å². The Hall–Kier alpha value is -4.47. The van der Waals surface area contributed by atoms with E-state index in [1.54, 1.807) is 0 Å². The van der Waals surface area contributed by atoms with E-state index in [-0.39, 0.29) is 73.7 Å². The van der Waals surface area contributed by atoms with Crippen molar-refractivity contribution in [2.75, 3.05) is 0 Å². The van der Waals surface area contributed by atoms with Gasteiger partial charge in [0.15, 0.2) is 0 Å². The summed E-state index contributed by atoms with van der Waals surface area (Å²) in [4.78, 5) is 24.0. The quantitative estimate of drug-likeness (QED) is 0.224. The van der Waals surface area contributed by atoms with E-state index in [0.717, 1.165) is 22.3 Å². The van der Waals surface area contributed by atoms with Crippen molar-refractivity contribution in [3.05, 3.63) is 139 Å². The molecule has 0 saturated carbocycles. The van der Waals surface area contributed by atoms with E-state index in [4.69, 9.17) is 14.2 Å². The smallest absolute Gasteiger partial charge is 1.00 e. The van der Waals surface area contributed by atoms with Crippen LogP contribution in [0.15, 0.2) is 133 Å². The van der Waals surface area contributed by atoms with Gasteiger partial charge in [-0.3, -0.25) is 0 Å². The number of hydrogen-bond donors (Lipinski definition) is 0. The molecule has 0 atom stereocenters. The fourth-order valence-electron chi connectivity index (χ4n) is 4.12. The van der Waals surface area contributed by atoms with E-state index < -0.39 is 5.97 Å². The molecular weight excluding hydrogens is 606 g/mol. The molecule has 0 bridgehead atoms. The first kappa shape index (κ1) is 32.4. The van der Waals surface area contributed by atoms with Crippen molar-refractivity contribution in [3.8, 4) is 57.5 Å². The number of carboxylic acids is 1. The molecule has 5 aromatic carbocycles. The van der Waals surface area contributed by atoms with E-state index in [2.05, 4.69) is 15.0 Å². The molecule has 10 heteroatoms. The summed E-state index contributed by atoms with van der Waals surface area (Å²) in [5.41, 5.74) is 4.25. The van der Waals surface area contributed by atoms with Crippen LogP contribution in [0.4, 0.5) is 0 Å². The third-order valence-electron chi connectivity index (χ3n) is 6.21. The van der Waals surface area contributed by atoms with Crippen LogP contribution < -0.4 is 31.7 Å². The van der Waals surface area contributed by atoms with Crippen molar-refractivity contribution < 1.29 is 36.5 Å². The van der Waals surface area contributed by atoms with Crippen molar-refractivity contribution in [3.63, 3.8) is 0 Å². The van der Waals surface area contributed by atoms with Crippen LogP contribution in [0.1, 0.15) is 10.4 Å². The van der Waals surface area contributed by atoms with Crippen LogP contribution in [0.3, 0.4) is 0 Å². The summed E-state index contributed by atoms with van der Waals surface area (Å²) in [6.07, 6.45) is 0. The van der Waals surface area contributed by atoms with Crippen LogP contribution in [0.25, 0.3) is 22.3 Å². The SMILES string of the molecule is O=C([O-])c1ccc(Oc2nc(Oc3ccc(-c4ccccc4)cc3)nc(Oc3ccc(-c4ccccc4)cc3)n2)cc1.[Ca+2].[Cl-]. The first-order chi connectivity index (χ1) is 20.6. The number of aromatic nitrogens is 3. The first-order valence-corrected chi connectivity index (χ1v) is 13.0. The topological polar surface area (TPSA) is 106 Å². The maximum Gasteiger partial charge on any atom is 2.00 e. The number of carbonyl (C=O) groups excluding carboxylic acids is 1. The van der Waals surface area contributed by atoms with Crippen molar-refractivity contribution in [1.82, 2.24) is 15.0 Å². The van der Waals surface area contributed by atoms with Crippen LogP contribution in [0, 0.1) is 0 Å². The van der Waals surface area contributed by atoms with Gasteiger partial charge in [0, 0.05) is 0 Å². The van der Waals surface area contributed by atoms with E-state index in [1.807, 2.05) is 109 Å². The first-order valence-electron chi connectivity index (χ1n) is 13.0. The third kappa shape index (κ3) is 8.33. The molecule has 0 aliphatic heterocycles. The van der Waals surface area contributed by atoms with Gasteiger partial charge in [-0.15, -0.1) is 15.0 Å². The van der Waals surface area contributed by atoms with Crippen molar-refractivity contribution >= 4 is 43.7 Å². The minimum absolute atomic E-state index is 0. The summed E-state index contributed by atoms with van der Waals surface area (Å²) in [5, 5.41) is 11.1. The Bertz CT molecular complexity index is 1700. The number of aromatic carboxylic acids is 1. The van der Waals surface area contributed by atoms with Crippen LogP contribution in [-0.2, 0) is 0 Å². The van der Waals surface area contributed by atoms with Gasteiger partial charge in [0.2, 0.25) is 0 Å². The Labute approximate surface area is 289 Å². The maximum absolute atomic E-state index is 11.1. The summed E-state index contributed by atoms with van der Waals surface area (Å²) in [7, 11) is 0. The second-order valence-electron chi connectivity index (χ2n) is 9.08. The summed E-state index contributed by atoms with van der Waals surface area (Å²) in [6.45, 7) is 0. The Morgan fingerprint density at radius 3 is 1.07 bits per heavy atom. The van der Waals surface area contributed by atoms with E-state index in [9.17, 15) is 9.90 Å². The Balaban J connectivity index is 0.00000221. The second-order valence-corrected chi connectivity index (χ2v) is 9.08. The van der Waals surface area contributed by atoms with Gasteiger partial charge in [-0.2, -0.15) is 0 Å². The van der Waals surface area contributed by atoms with E-state index >= 15 is 0 Å². The van der Waals surface area contributed by atoms with Crippen molar-refractivity contribution in [2.24, 2.45) is 0 Å². The molecule has 8 nitrogen and oxygen atoms in total. The number of nitrogens with zero attached hydrogens (tertiary/aromatic N) is 3. The zero-order chi connectivity index (χ0) is 28.7. The fraction of sp³-hybridized carbons (Fsp3) is 0. The molecule has 0 aliphatic rings. The molecule has 6 aromatic rings. The molecule has 0 spiro atoms. The van der Waals surface area contributed by atoms with E-state index in [1.165, 1.54) is 24.3 Å². The van der Waals surface area contributed by atoms with Crippen LogP contribution in [-0.4, -0.2) is 58.7 Å². The van der Waals surface area contributed by atoms with Gasteiger partial charge in [0.05, 0.1) is 5.97 Å².